The van der Waals surface area contributed by atoms with Gasteiger partial charge in [-0.25, -0.2) is 8.42 Å². The minimum atomic E-state index is -3.45. The minimum absolute atomic E-state index is 0.154. The van der Waals surface area contributed by atoms with E-state index < -0.39 is 9.84 Å². The predicted octanol–water partition coefficient (Wildman–Crippen LogP) is 5.32. The number of pyridine rings is 2. The summed E-state index contributed by atoms with van der Waals surface area (Å²) < 4.78 is 26.8. The molecule has 4 aromatic heterocycles. The zero-order valence-electron chi connectivity index (χ0n) is 20.9. The van der Waals surface area contributed by atoms with Crippen LogP contribution in [-0.4, -0.2) is 39.2 Å². The lowest BCUT2D eigenvalue weighted by Gasteiger charge is -2.26. The number of anilines is 2. The summed E-state index contributed by atoms with van der Waals surface area (Å²) in [5.74, 6) is 0. The summed E-state index contributed by atoms with van der Waals surface area (Å²) in [4.78, 5) is 20.0. The van der Waals surface area contributed by atoms with E-state index in [0.717, 1.165) is 44.3 Å². The van der Waals surface area contributed by atoms with Crippen molar-refractivity contribution < 1.29 is 8.42 Å². The van der Waals surface area contributed by atoms with Gasteiger partial charge in [0.25, 0.3) is 0 Å². The van der Waals surface area contributed by atoms with Gasteiger partial charge in [-0.05, 0) is 52.9 Å². The third kappa shape index (κ3) is 4.48. The third-order valence-corrected chi connectivity index (χ3v) is 7.65. The molecule has 4 heterocycles. The van der Waals surface area contributed by atoms with Gasteiger partial charge in [0.15, 0.2) is 9.84 Å². The molecule has 0 bridgehead atoms. The van der Waals surface area contributed by atoms with E-state index in [9.17, 15) is 8.42 Å². The first-order chi connectivity index (χ1) is 18.4. The van der Waals surface area contributed by atoms with Gasteiger partial charge in [0.05, 0.1) is 27.8 Å². The molecule has 0 saturated carbocycles. The lowest BCUT2D eigenvalue weighted by Crippen LogP contribution is -2.17. The Hall–Kier alpha value is -4.63. The van der Waals surface area contributed by atoms with E-state index in [1.54, 1.807) is 37.1 Å². The SMILES string of the molecule is Cn1ccc2ccc(-c3cc(N(Cc4cccnc4)c4cncc(S(C)(=O)=O)c4)cc4nccnc34)cc21. The van der Waals surface area contributed by atoms with Crippen molar-refractivity contribution in [3.05, 3.63) is 104 Å². The first-order valence-electron chi connectivity index (χ1n) is 12.0. The van der Waals surface area contributed by atoms with E-state index in [-0.39, 0.29) is 4.90 Å². The average Bonchev–Trinajstić information content (AvgIpc) is 3.31. The Kier molecular flexibility index (Phi) is 5.84. The molecule has 0 atom stereocenters. The average molecular weight is 521 g/mol. The Bertz CT molecular complexity index is 1900. The highest BCUT2D eigenvalue weighted by atomic mass is 32.2. The molecule has 0 spiro atoms. The highest BCUT2D eigenvalue weighted by Gasteiger charge is 2.18. The molecule has 6 rings (SSSR count). The molecular formula is C29H24N6O2S. The quantitative estimate of drug-likeness (QED) is 0.293. The molecule has 0 saturated heterocycles. The largest absolute Gasteiger partial charge is 0.351 e. The van der Waals surface area contributed by atoms with Crippen LogP contribution in [0.2, 0.25) is 0 Å². The molecule has 0 aliphatic rings. The smallest absolute Gasteiger partial charge is 0.177 e. The molecule has 0 aliphatic carbocycles. The van der Waals surface area contributed by atoms with Crippen molar-refractivity contribution in [3.63, 3.8) is 0 Å². The normalized spacial score (nSPS) is 11.7. The van der Waals surface area contributed by atoms with Gasteiger partial charge in [-0.3, -0.25) is 19.9 Å². The van der Waals surface area contributed by atoms with Crippen LogP contribution in [0, 0.1) is 0 Å². The summed E-state index contributed by atoms with van der Waals surface area (Å²) in [7, 11) is -1.42. The van der Waals surface area contributed by atoms with Crippen molar-refractivity contribution in [2.24, 2.45) is 7.05 Å². The van der Waals surface area contributed by atoms with Gasteiger partial charge < -0.3 is 9.47 Å². The summed E-state index contributed by atoms with van der Waals surface area (Å²) in [6.07, 6.45) is 13.2. The summed E-state index contributed by atoms with van der Waals surface area (Å²) in [5.41, 5.74) is 7.00. The summed E-state index contributed by atoms with van der Waals surface area (Å²) in [5, 5.41) is 1.16. The maximum atomic E-state index is 12.3. The molecule has 0 fully saturated rings. The molecule has 0 aliphatic heterocycles. The van der Waals surface area contributed by atoms with Crippen LogP contribution in [0.3, 0.4) is 0 Å². The highest BCUT2D eigenvalue weighted by molar-refractivity contribution is 7.90. The number of sulfone groups is 1. The Morgan fingerprint density at radius 3 is 2.55 bits per heavy atom. The van der Waals surface area contributed by atoms with Crippen LogP contribution in [0.5, 0.6) is 0 Å². The van der Waals surface area contributed by atoms with Crippen LogP contribution in [0.4, 0.5) is 11.4 Å². The molecule has 8 nitrogen and oxygen atoms in total. The Morgan fingerprint density at radius 1 is 0.868 bits per heavy atom. The maximum Gasteiger partial charge on any atom is 0.177 e. The predicted molar refractivity (Wildman–Crippen MR) is 149 cm³/mol. The van der Waals surface area contributed by atoms with Gasteiger partial charge in [-0.15, -0.1) is 0 Å². The van der Waals surface area contributed by atoms with Gasteiger partial charge in [0.1, 0.15) is 0 Å². The number of hydrogen-bond donors (Lipinski definition) is 0. The number of rotatable bonds is 6. The van der Waals surface area contributed by atoms with Crippen LogP contribution in [-0.2, 0) is 23.4 Å². The summed E-state index contributed by atoms with van der Waals surface area (Å²) in [6.45, 7) is 0.449. The maximum absolute atomic E-state index is 12.3. The highest BCUT2D eigenvalue weighted by Crippen LogP contribution is 2.36. The van der Waals surface area contributed by atoms with E-state index in [2.05, 4.69) is 54.8 Å². The van der Waals surface area contributed by atoms with Crippen LogP contribution >= 0.6 is 0 Å². The molecule has 0 radical (unpaired) electrons. The van der Waals surface area contributed by atoms with Gasteiger partial charge in [0.2, 0.25) is 0 Å². The topological polar surface area (TPSA) is 93.9 Å². The first-order valence-corrected chi connectivity index (χ1v) is 13.9. The van der Waals surface area contributed by atoms with E-state index >= 15 is 0 Å². The van der Waals surface area contributed by atoms with E-state index in [0.29, 0.717) is 12.2 Å². The Labute approximate surface area is 220 Å². The number of hydrogen-bond acceptors (Lipinski definition) is 7. The molecule has 0 amide bonds. The number of nitrogens with zero attached hydrogens (tertiary/aromatic N) is 6. The Morgan fingerprint density at radius 2 is 1.74 bits per heavy atom. The van der Waals surface area contributed by atoms with Crippen LogP contribution in [0.25, 0.3) is 33.1 Å². The second kappa shape index (κ2) is 9.35. The van der Waals surface area contributed by atoms with Crippen LogP contribution in [0.1, 0.15) is 5.56 Å². The second-order valence-electron chi connectivity index (χ2n) is 9.22. The van der Waals surface area contributed by atoms with E-state index in [1.807, 2.05) is 36.3 Å². The third-order valence-electron chi connectivity index (χ3n) is 6.57. The molecular weight excluding hydrogens is 496 g/mol. The van der Waals surface area contributed by atoms with Crippen LogP contribution < -0.4 is 4.90 Å². The van der Waals surface area contributed by atoms with Gasteiger partial charge in [-0.1, -0.05) is 18.2 Å². The molecule has 38 heavy (non-hydrogen) atoms. The van der Waals surface area contributed by atoms with Gasteiger partial charge in [-0.2, -0.15) is 0 Å². The molecule has 188 valence electrons. The van der Waals surface area contributed by atoms with Crippen molar-refractivity contribution >= 4 is 43.1 Å². The van der Waals surface area contributed by atoms with Crippen molar-refractivity contribution in [2.45, 2.75) is 11.4 Å². The molecule has 2 aromatic carbocycles. The number of aromatic nitrogens is 5. The lowest BCUT2D eigenvalue weighted by atomic mass is 10.0. The van der Waals surface area contributed by atoms with E-state index in [1.165, 1.54) is 12.5 Å². The summed E-state index contributed by atoms with van der Waals surface area (Å²) in [6, 6.07) is 18.0. The fourth-order valence-electron chi connectivity index (χ4n) is 4.63. The molecule has 9 heteroatoms. The zero-order chi connectivity index (χ0) is 26.3. The van der Waals surface area contributed by atoms with Crippen molar-refractivity contribution in [2.75, 3.05) is 11.2 Å². The standard InChI is InChI=1S/C29H24N6O2S/c1-34-11-7-21-5-6-22(12-28(21)34)26-14-23(15-27-29(26)33-10-9-32-27)35(19-20-4-3-8-30-16-20)24-13-25(18-31-17-24)38(2,36)37/h3-18H,19H2,1-2H3. The number of aryl methyl sites for hydroxylation is 1. The van der Waals surface area contributed by atoms with E-state index in [4.69, 9.17) is 0 Å². The fraction of sp³-hybridized carbons (Fsp3) is 0.103. The first kappa shape index (κ1) is 23.7. The number of fused-ring (bicyclic) bond motifs is 2. The monoisotopic (exact) mass is 520 g/mol. The van der Waals surface area contributed by atoms with Gasteiger partial charge >= 0.3 is 0 Å². The zero-order valence-corrected chi connectivity index (χ0v) is 21.7. The van der Waals surface area contributed by atoms with Crippen molar-refractivity contribution in [1.82, 2.24) is 24.5 Å². The number of benzene rings is 2. The van der Waals surface area contributed by atoms with Crippen LogP contribution in [0.15, 0.2) is 103 Å². The summed E-state index contributed by atoms with van der Waals surface area (Å²) >= 11 is 0. The molecule has 6 aromatic rings. The molecule has 0 N–H and O–H groups in total. The van der Waals surface area contributed by atoms with Gasteiger partial charge in [0, 0.05) is 73.8 Å². The molecule has 0 unspecified atom stereocenters. The van der Waals surface area contributed by atoms with Crippen molar-refractivity contribution in [3.8, 4) is 11.1 Å². The fourth-order valence-corrected chi connectivity index (χ4v) is 5.22. The minimum Gasteiger partial charge on any atom is -0.351 e. The second-order valence-corrected chi connectivity index (χ2v) is 11.2. The lowest BCUT2D eigenvalue weighted by molar-refractivity contribution is 0.601. The Balaban J connectivity index is 1.58. The van der Waals surface area contributed by atoms with Crippen molar-refractivity contribution in [1.29, 1.82) is 0 Å².